The van der Waals surface area contributed by atoms with Crippen LogP contribution < -0.4 is 5.32 Å². The summed E-state index contributed by atoms with van der Waals surface area (Å²) in [5, 5.41) is 3.07. The van der Waals surface area contributed by atoms with Crippen LogP contribution in [0.2, 0.25) is 0 Å². The zero-order valence-corrected chi connectivity index (χ0v) is 11.8. The van der Waals surface area contributed by atoms with E-state index in [0.29, 0.717) is 19.8 Å². The van der Waals surface area contributed by atoms with Gasteiger partial charge in [0.15, 0.2) is 0 Å². The first-order chi connectivity index (χ1) is 8.77. The van der Waals surface area contributed by atoms with E-state index in [1.807, 2.05) is 20.0 Å². The van der Waals surface area contributed by atoms with Crippen LogP contribution in [0.1, 0.15) is 36.8 Å². The van der Waals surface area contributed by atoms with Gasteiger partial charge in [0.2, 0.25) is 0 Å². The number of ether oxygens (including phenoxy) is 2. The summed E-state index contributed by atoms with van der Waals surface area (Å²) in [7, 11) is 1.90. The van der Waals surface area contributed by atoms with E-state index >= 15 is 0 Å². The number of furan rings is 1. The highest BCUT2D eigenvalue weighted by Crippen LogP contribution is 2.15. The number of hydrogen-bond acceptors (Lipinski definition) is 4. The Morgan fingerprint density at radius 2 is 2.00 bits per heavy atom. The first-order valence-corrected chi connectivity index (χ1v) is 6.66. The van der Waals surface area contributed by atoms with Crippen LogP contribution in [0.5, 0.6) is 0 Å². The molecule has 0 bridgehead atoms. The van der Waals surface area contributed by atoms with Crippen LogP contribution in [0.25, 0.3) is 0 Å². The van der Waals surface area contributed by atoms with E-state index in [0.717, 1.165) is 36.7 Å². The van der Waals surface area contributed by atoms with Gasteiger partial charge in [-0.1, -0.05) is 13.3 Å². The summed E-state index contributed by atoms with van der Waals surface area (Å²) in [6.07, 6.45) is 2.29. The lowest BCUT2D eigenvalue weighted by atomic mass is 10.2. The normalized spacial score (nSPS) is 11.1. The number of nitrogens with one attached hydrogen (secondary N) is 1. The monoisotopic (exact) mass is 255 g/mol. The molecule has 0 aromatic carbocycles. The van der Waals surface area contributed by atoms with E-state index in [1.165, 1.54) is 6.42 Å². The molecule has 1 aromatic rings. The third kappa shape index (κ3) is 5.67. The quantitative estimate of drug-likeness (QED) is 0.653. The van der Waals surface area contributed by atoms with Gasteiger partial charge in [-0.15, -0.1) is 0 Å². The predicted octanol–water partition coefficient (Wildman–Crippen LogP) is 2.64. The molecule has 0 aliphatic heterocycles. The molecule has 18 heavy (non-hydrogen) atoms. The molecule has 0 aliphatic carbocycles. The highest BCUT2D eigenvalue weighted by Gasteiger charge is 2.06. The summed E-state index contributed by atoms with van der Waals surface area (Å²) in [5.74, 6) is 1.89. The van der Waals surface area contributed by atoms with E-state index in [2.05, 4.69) is 12.2 Å². The Morgan fingerprint density at radius 1 is 1.22 bits per heavy atom. The van der Waals surface area contributed by atoms with Crippen molar-refractivity contribution in [1.82, 2.24) is 5.32 Å². The molecule has 4 heteroatoms. The third-order valence-corrected chi connectivity index (χ3v) is 2.69. The molecule has 0 saturated heterocycles. The number of rotatable bonds is 10. The molecule has 0 unspecified atom stereocenters. The molecule has 0 aliphatic rings. The molecule has 0 fully saturated rings. The molecule has 104 valence electrons. The predicted molar refractivity (Wildman–Crippen MR) is 71.6 cm³/mol. The van der Waals surface area contributed by atoms with Crippen molar-refractivity contribution in [3.8, 4) is 0 Å². The Bertz CT molecular complexity index is 323. The van der Waals surface area contributed by atoms with Crippen molar-refractivity contribution in [1.29, 1.82) is 0 Å². The number of aryl methyl sites for hydroxylation is 1. The lowest BCUT2D eigenvalue weighted by Gasteiger charge is -2.04. The highest BCUT2D eigenvalue weighted by molar-refractivity contribution is 5.19. The minimum absolute atomic E-state index is 0.593. The van der Waals surface area contributed by atoms with Gasteiger partial charge < -0.3 is 19.2 Å². The Balaban J connectivity index is 2.14. The van der Waals surface area contributed by atoms with E-state index in [4.69, 9.17) is 13.9 Å². The average Bonchev–Trinajstić information content (AvgIpc) is 2.69. The topological polar surface area (TPSA) is 43.6 Å². The minimum atomic E-state index is 0.593. The number of hydrogen-bond donors (Lipinski definition) is 1. The summed E-state index contributed by atoms with van der Waals surface area (Å²) < 4.78 is 16.6. The van der Waals surface area contributed by atoms with Crippen molar-refractivity contribution in [2.24, 2.45) is 0 Å². The van der Waals surface area contributed by atoms with E-state index in [9.17, 15) is 0 Å². The molecule has 0 atom stereocenters. The van der Waals surface area contributed by atoms with Gasteiger partial charge in [-0.25, -0.2) is 0 Å². The molecule has 0 radical (unpaired) electrons. The highest BCUT2D eigenvalue weighted by atomic mass is 16.5. The van der Waals surface area contributed by atoms with Gasteiger partial charge in [0.05, 0.1) is 26.4 Å². The average molecular weight is 255 g/mol. The van der Waals surface area contributed by atoms with Crippen molar-refractivity contribution in [3.63, 3.8) is 0 Å². The maximum atomic E-state index is 5.59. The van der Waals surface area contributed by atoms with Crippen molar-refractivity contribution in [3.05, 3.63) is 23.2 Å². The van der Waals surface area contributed by atoms with Crippen LogP contribution in [0.4, 0.5) is 0 Å². The van der Waals surface area contributed by atoms with Crippen molar-refractivity contribution < 1.29 is 13.9 Å². The second-order valence-corrected chi connectivity index (χ2v) is 4.34. The van der Waals surface area contributed by atoms with Gasteiger partial charge in [-0.3, -0.25) is 0 Å². The summed E-state index contributed by atoms with van der Waals surface area (Å²) in [4.78, 5) is 0. The van der Waals surface area contributed by atoms with Crippen LogP contribution in [-0.4, -0.2) is 26.9 Å². The Hall–Kier alpha value is -0.840. The van der Waals surface area contributed by atoms with Crippen LogP contribution >= 0.6 is 0 Å². The standard InChI is InChI=1S/C14H25NO3/c1-4-5-6-16-7-8-17-11-13-9-14(10-15-3)18-12(13)2/h9,15H,4-8,10-11H2,1-3H3. The molecule has 1 N–H and O–H groups in total. The first-order valence-electron chi connectivity index (χ1n) is 6.66. The van der Waals surface area contributed by atoms with Gasteiger partial charge in [0.25, 0.3) is 0 Å². The van der Waals surface area contributed by atoms with E-state index < -0.39 is 0 Å². The smallest absolute Gasteiger partial charge is 0.118 e. The maximum Gasteiger partial charge on any atom is 0.118 e. The second kappa shape index (κ2) is 9.14. The zero-order valence-electron chi connectivity index (χ0n) is 11.8. The fraction of sp³-hybridized carbons (Fsp3) is 0.714. The molecular formula is C14H25NO3. The summed E-state index contributed by atoms with van der Waals surface area (Å²) in [5.41, 5.74) is 1.12. The lowest BCUT2D eigenvalue weighted by molar-refractivity contribution is 0.0393. The van der Waals surface area contributed by atoms with Crippen molar-refractivity contribution in [2.45, 2.75) is 39.8 Å². The van der Waals surface area contributed by atoms with Crippen LogP contribution in [-0.2, 0) is 22.6 Å². The molecule has 1 rings (SSSR count). The Morgan fingerprint density at radius 3 is 2.72 bits per heavy atom. The molecule has 1 aromatic heterocycles. The van der Waals surface area contributed by atoms with Gasteiger partial charge in [0, 0.05) is 12.2 Å². The van der Waals surface area contributed by atoms with Crippen molar-refractivity contribution >= 4 is 0 Å². The fourth-order valence-electron chi connectivity index (χ4n) is 1.64. The molecular weight excluding hydrogens is 230 g/mol. The summed E-state index contributed by atoms with van der Waals surface area (Å²) in [6.45, 7) is 7.60. The molecule has 1 heterocycles. The van der Waals surface area contributed by atoms with E-state index in [1.54, 1.807) is 0 Å². The zero-order chi connectivity index (χ0) is 13.2. The molecule has 0 amide bonds. The van der Waals surface area contributed by atoms with Crippen LogP contribution in [0.3, 0.4) is 0 Å². The van der Waals surface area contributed by atoms with Crippen LogP contribution in [0.15, 0.2) is 10.5 Å². The maximum absolute atomic E-state index is 5.59. The third-order valence-electron chi connectivity index (χ3n) is 2.69. The summed E-state index contributed by atoms with van der Waals surface area (Å²) in [6, 6.07) is 2.05. The Labute approximate surface area is 110 Å². The Kier molecular flexibility index (Phi) is 7.73. The minimum Gasteiger partial charge on any atom is -0.465 e. The number of unbranched alkanes of at least 4 members (excludes halogenated alkanes) is 1. The fourth-order valence-corrected chi connectivity index (χ4v) is 1.64. The molecule has 0 spiro atoms. The SMILES string of the molecule is CCCCOCCOCc1cc(CNC)oc1C. The lowest BCUT2D eigenvalue weighted by Crippen LogP contribution is -2.05. The largest absolute Gasteiger partial charge is 0.465 e. The van der Waals surface area contributed by atoms with Crippen molar-refractivity contribution in [2.75, 3.05) is 26.9 Å². The van der Waals surface area contributed by atoms with Gasteiger partial charge in [0.1, 0.15) is 11.5 Å². The summed E-state index contributed by atoms with van der Waals surface area (Å²) >= 11 is 0. The van der Waals surface area contributed by atoms with Gasteiger partial charge in [-0.2, -0.15) is 0 Å². The first kappa shape index (κ1) is 15.2. The molecule has 4 nitrogen and oxygen atoms in total. The van der Waals surface area contributed by atoms with Crippen LogP contribution in [0, 0.1) is 6.92 Å². The van der Waals surface area contributed by atoms with E-state index in [-0.39, 0.29) is 0 Å². The van der Waals surface area contributed by atoms with Gasteiger partial charge >= 0.3 is 0 Å². The second-order valence-electron chi connectivity index (χ2n) is 4.34. The van der Waals surface area contributed by atoms with Gasteiger partial charge in [-0.05, 0) is 26.5 Å². The molecule has 0 saturated carbocycles.